The molecule has 1 aromatic rings. The molecule has 0 aliphatic heterocycles. The van der Waals surface area contributed by atoms with E-state index < -0.39 is 27.3 Å². The van der Waals surface area contributed by atoms with Crippen LogP contribution >= 0.6 is 0 Å². The molecule has 5 nitrogen and oxygen atoms in total. The maximum atomic E-state index is 12.8. The summed E-state index contributed by atoms with van der Waals surface area (Å²) in [6, 6.07) is 5.09. The van der Waals surface area contributed by atoms with E-state index in [0.717, 1.165) is 0 Å². The molecule has 2 N–H and O–H groups in total. The van der Waals surface area contributed by atoms with Gasteiger partial charge in [0.2, 0.25) is 10.0 Å². The van der Waals surface area contributed by atoms with E-state index in [1.807, 2.05) is 0 Å². The first-order chi connectivity index (χ1) is 9.33. The number of carboxylic acid groups (broad SMARTS) is 1. The van der Waals surface area contributed by atoms with Crippen molar-refractivity contribution in [2.24, 2.45) is 0 Å². The van der Waals surface area contributed by atoms with Gasteiger partial charge in [0.15, 0.2) is 0 Å². The van der Waals surface area contributed by atoms with Gasteiger partial charge in [0.1, 0.15) is 11.4 Å². The Labute approximate surface area is 116 Å². The molecule has 0 spiro atoms. The lowest BCUT2D eigenvalue weighted by molar-refractivity contribution is -0.143. The predicted octanol–water partition coefficient (Wildman–Crippen LogP) is 1.64. The third-order valence-electron chi connectivity index (χ3n) is 3.49. The lowest BCUT2D eigenvalue weighted by Crippen LogP contribution is -2.52. The van der Waals surface area contributed by atoms with Crippen LogP contribution in [0.15, 0.2) is 24.3 Å². The molecule has 0 saturated heterocycles. The molecule has 20 heavy (non-hydrogen) atoms. The minimum atomic E-state index is -3.79. The second kappa shape index (κ2) is 5.49. The Morgan fingerprint density at radius 3 is 2.30 bits per heavy atom. The molecular weight excluding hydrogens is 285 g/mol. The molecule has 110 valence electrons. The Balaban J connectivity index is 2.14. The number of carboxylic acids is 1. The van der Waals surface area contributed by atoms with Crippen LogP contribution in [0.25, 0.3) is 0 Å². The minimum absolute atomic E-state index is 0.297. The number of rotatable bonds is 5. The fourth-order valence-electron chi connectivity index (χ4n) is 2.47. The van der Waals surface area contributed by atoms with Crippen LogP contribution in [0, 0.1) is 5.82 Å². The van der Waals surface area contributed by atoms with Gasteiger partial charge in [0.05, 0.1) is 5.75 Å². The number of nitrogens with one attached hydrogen (secondary N) is 1. The van der Waals surface area contributed by atoms with Gasteiger partial charge in [-0.05, 0) is 30.5 Å². The highest BCUT2D eigenvalue weighted by atomic mass is 32.2. The van der Waals surface area contributed by atoms with Gasteiger partial charge < -0.3 is 5.11 Å². The Morgan fingerprint density at radius 2 is 1.80 bits per heavy atom. The van der Waals surface area contributed by atoms with Gasteiger partial charge in [-0.1, -0.05) is 25.0 Å². The molecule has 0 heterocycles. The Kier molecular flexibility index (Phi) is 4.10. The van der Waals surface area contributed by atoms with E-state index in [4.69, 9.17) is 0 Å². The molecule has 1 aliphatic carbocycles. The number of carbonyl (C=O) groups is 1. The normalized spacial score (nSPS) is 18.1. The average Bonchev–Trinajstić information content (AvgIpc) is 2.81. The number of aliphatic carboxylic acids is 1. The van der Waals surface area contributed by atoms with E-state index in [0.29, 0.717) is 31.2 Å². The van der Waals surface area contributed by atoms with Crippen LogP contribution in [0.3, 0.4) is 0 Å². The molecule has 0 atom stereocenters. The van der Waals surface area contributed by atoms with Gasteiger partial charge in [0.25, 0.3) is 0 Å². The van der Waals surface area contributed by atoms with Crippen molar-refractivity contribution >= 4 is 16.0 Å². The first kappa shape index (κ1) is 14.9. The Morgan fingerprint density at radius 1 is 1.25 bits per heavy atom. The zero-order valence-electron chi connectivity index (χ0n) is 10.8. The van der Waals surface area contributed by atoms with Crippen LogP contribution in [0.2, 0.25) is 0 Å². The van der Waals surface area contributed by atoms with Crippen molar-refractivity contribution in [3.05, 3.63) is 35.6 Å². The number of hydrogen-bond donors (Lipinski definition) is 2. The molecule has 2 rings (SSSR count). The SMILES string of the molecule is O=C(O)C1(NS(=O)(=O)Cc2ccc(F)cc2)CCCC1. The standard InChI is InChI=1S/C13H16FNO4S/c14-11-5-3-10(4-6-11)9-20(18,19)15-13(12(16)17)7-1-2-8-13/h3-6,15H,1-2,7-9H2,(H,16,17). The van der Waals surface area contributed by atoms with Crippen molar-refractivity contribution in [2.75, 3.05) is 0 Å². The number of sulfonamides is 1. The summed E-state index contributed by atoms with van der Waals surface area (Å²) in [6.45, 7) is 0. The fourth-order valence-corrected chi connectivity index (χ4v) is 4.06. The van der Waals surface area contributed by atoms with Crippen molar-refractivity contribution in [3.8, 4) is 0 Å². The van der Waals surface area contributed by atoms with E-state index in [1.54, 1.807) is 0 Å². The number of hydrogen-bond acceptors (Lipinski definition) is 3. The lowest BCUT2D eigenvalue weighted by atomic mass is 10.0. The van der Waals surface area contributed by atoms with Gasteiger partial charge in [-0.2, -0.15) is 4.72 Å². The molecule has 7 heteroatoms. The van der Waals surface area contributed by atoms with Crippen molar-refractivity contribution < 1.29 is 22.7 Å². The number of halogens is 1. The molecule has 0 radical (unpaired) electrons. The summed E-state index contributed by atoms with van der Waals surface area (Å²) >= 11 is 0. The molecule has 1 aromatic carbocycles. The molecule has 1 fully saturated rings. The summed E-state index contributed by atoms with van der Waals surface area (Å²) in [7, 11) is -3.79. The van der Waals surface area contributed by atoms with Crippen LogP contribution in [0.5, 0.6) is 0 Å². The van der Waals surface area contributed by atoms with Crippen molar-refractivity contribution in [1.29, 1.82) is 0 Å². The van der Waals surface area contributed by atoms with Crippen LogP contribution in [0.4, 0.5) is 4.39 Å². The van der Waals surface area contributed by atoms with Crippen LogP contribution in [0.1, 0.15) is 31.2 Å². The zero-order valence-corrected chi connectivity index (χ0v) is 11.6. The predicted molar refractivity (Wildman–Crippen MR) is 71.0 cm³/mol. The van der Waals surface area contributed by atoms with Gasteiger partial charge in [-0.3, -0.25) is 4.79 Å². The van der Waals surface area contributed by atoms with E-state index in [-0.39, 0.29) is 5.75 Å². The number of benzene rings is 1. The summed E-state index contributed by atoms with van der Waals surface area (Å²) in [4.78, 5) is 11.3. The second-order valence-corrected chi connectivity index (χ2v) is 6.80. The summed E-state index contributed by atoms with van der Waals surface area (Å²) in [5.74, 6) is -1.95. The van der Waals surface area contributed by atoms with Crippen molar-refractivity contribution in [3.63, 3.8) is 0 Å². The van der Waals surface area contributed by atoms with Gasteiger partial charge in [0, 0.05) is 0 Å². The third-order valence-corrected chi connectivity index (χ3v) is 4.90. The maximum Gasteiger partial charge on any atom is 0.324 e. The van der Waals surface area contributed by atoms with E-state index >= 15 is 0 Å². The van der Waals surface area contributed by atoms with Gasteiger partial charge in [-0.15, -0.1) is 0 Å². The lowest BCUT2D eigenvalue weighted by Gasteiger charge is -2.25. The van der Waals surface area contributed by atoms with Crippen molar-refractivity contribution in [2.45, 2.75) is 37.0 Å². The third kappa shape index (κ3) is 3.34. The highest BCUT2D eigenvalue weighted by Crippen LogP contribution is 2.31. The minimum Gasteiger partial charge on any atom is -0.480 e. The Hall–Kier alpha value is -1.47. The van der Waals surface area contributed by atoms with E-state index in [9.17, 15) is 22.7 Å². The second-order valence-electron chi connectivity index (χ2n) is 5.08. The fraction of sp³-hybridized carbons (Fsp3) is 0.462. The topological polar surface area (TPSA) is 83.5 Å². The zero-order chi connectivity index (χ0) is 14.8. The Bertz CT molecular complexity index is 591. The van der Waals surface area contributed by atoms with Crippen LogP contribution in [-0.2, 0) is 20.6 Å². The van der Waals surface area contributed by atoms with Crippen LogP contribution in [-0.4, -0.2) is 25.0 Å². The van der Waals surface area contributed by atoms with E-state index in [2.05, 4.69) is 4.72 Å². The molecule has 0 amide bonds. The smallest absolute Gasteiger partial charge is 0.324 e. The molecule has 1 aliphatic rings. The molecule has 0 bridgehead atoms. The molecule has 0 aromatic heterocycles. The largest absolute Gasteiger partial charge is 0.480 e. The summed E-state index contributed by atoms with van der Waals surface area (Å²) in [5, 5.41) is 9.25. The first-order valence-electron chi connectivity index (χ1n) is 6.32. The van der Waals surface area contributed by atoms with Gasteiger partial charge >= 0.3 is 5.97 Å². The van der Waals surface area contributed by atoms with Crippen molar-refractivity contribution in [1.82, 2.24) is 4.72 Å². The average molecular weight is 301 g/mol. The van der Waals surface area contributed by atoms with Crippen LogP contribution < -0.4 is 4.72 Å². The highest BCUT2D eigenvalue weighted by molar-refractivity contribution is 7.88. The highest BCUT2D eigenvalue weighted by Gasteiger charge is 2.44. The summed E-state index contributed by atoms with van der Waals surface area (Å²) in [5.41, 5.74) is -0.976. The summed E-state index contributed by atoms with van der Waals surface area (Å²) in [6.07, 6.45) is 1.96. The molecule has 1 saturated carbocycles. The summed E-state index contributed by atoms with van der Waals surface area (Å²) < 4.78 is 39.2. The van der Waals surface area contributed by atoms with Gasteiger partial charge in [-0.25, -0.2) is 12.8 Å². The quantitative estimate of drug-likeness (QED) is 0.866. The maximum absolute atomic E-state index is 12.8. The first-order valence-corrected chi connectivity index (χ1v) is 7.98. The molecule has 0 unspecified atom stereocenters. The molecular formula is C13H16FNO4S. The van der Waals surface area contributed by atoms with E-state index in [1.165, 1.54) is 24.3 Å². The monoisotopic (exact) mass is 301 g/mol.